The van der Waals surface area contributed by atoms with Gasteiger partial charge in [-0.1, -0.05) is 24.3 Å². The molecule has 0 fully saturated rings. The average Bonchev–Trinajstić information content (AvgIpc) is 2.69. The molecule has 0 spiro atoms. The molecule has 1 aliphatic rings. The molecule has 0 radical (unpaired) electrons. The molecule has 1 aliphatic carbocycles. The molecule has 0 aliphatic heterocycles. The van der Waals surface area contributed by atoms with Gasteiger partial charge in [0.25, 0.3) is 0 Å². The van der Waals surface area contributed by atoms with Gasteiger partial charge < -0.3 is 4.74 Å². The Labute approximate surface area is 98.9 Å². The minimum atomic E-state index is 0.520. The molecule has 0 saturated heterocycles. The number of thiazole rings is 1. The van der Waals surface area contributed by atoms with Crippen molar-refractivity contribution < 1.29 is 4.74 Å². The number of ether oxygens (including phenoxy) is 1. The first-order valence-corrected chi connectivity index (χ1v) is 6.27. The predicted octanol–water partition coefficient (Wildman–Crippen LogP) is 2.98. The maximum atomic E-state index is 5.09. The second-order valence-corrected chi connectivity index (χ2v) is 4.96. The molecule has 2 aromatic rings. The van der Waals surface area contributed by atoms with Crippen LogP contribution in [0.5, 0.6) is 0 Å². The summed E-state index contributed by atoms with van der Waals surface area (Å²) in [5, 5.41) is 3.32. The molecule has 82 valence electrons. The van der Waals surface area contributed by atoms with E-state index in [9.17, 15) is 0 Å². The molecule has 0 N–H and O–H groups in total. The van der Waals surface area contributed by atoms with Gasteiger partial charge in [-0.3, -0.25) is 0 Å². The van der Waals surface area contributed by atoms with Gasteiger partial charge in [0.1, 0.15) is 5.01 Å². The molecular weight excluding hydrogens is 218 g/mol. The first-order valence-electron chi connectivity index (χ1n) is 5.39. The van der Waals surface area contributed by atoms with Crippen molar-refractivity contribution in [3.05, 3.63) is 51.5 Å². The van der Waals surface area contributed by atoms with E-state index in [-0.39, 0.29) is 0 Å². The lowest BCUT2D eigenvalue weighted by Gasteiger charge is -2.28. The van der Waals surface area contributed by atoms with E-state index in [1.165, 1.54) is 16.1 Å². The summed E-state index contributed by atoms with van der Waals surface area (Å²) in [6.45, 7) is 0.616. The minimum Gasteiger partial charge on any atom is -0.378 e. The monoisotopic (exact) mass is 231 g/mol. The van der Waals surface area contributed by atoms with E-state index in [0.29, 0.717) is 12.5 Å². The standard InChI is InChI=1S/C13H13NOS/c1-15-7-10-8-16-13(14-10)12-6-9-4-2-3-5-11(9)12/h2-5,8,12H,6-7H2,1H3. The van der Waals surface area contributed by atoms with Crippen LogP contribution >= 0.6 is 11.3 Å². The zero-order valence-electron chi connectivity index (χ0n) is 9.14. The Morgan fingerprint density at radius 1 is 1.44 bits per heavy atom. The molecule has 2 nitrogen and oxygen atoms in total. The second-order valence-electron chi connectivity index (χ2n) is 4.07. The maximum absolute atomic E-state index is 5.09. The fourth-order valence-electron chi connectivity index (χ4n) is 2.18. The smallest absolute Gasteiger partial charge is 0.101 e. The topological polar surface area (TPSA) is 22.1 Å². The van der Waals surface area contributed by atoms with Gasteiger partial charge in [-0.15, -0.1) is 11.3 Å². The predicted molar refractivity (Wildman–Crippen MR) is 64.8 cm³/mol. The Balaban J connectivity index is 1.85. The van der Waals surface area contributed by atoms with Gasteiger partial charge in [0.05, 0.1) is 12.3 Å². The van der Waals surface area contributed by atoms with Crippen molar-refractivity contribution in [1.29, 1.82) is 0 Å². The van der Waals surface area contributed by atoms with E-state index < -0.39 is 0 Å². The van der Waals surface area contributed by atoms with Crippen molar-refractivity contribution in [3.63, 3.8) is 0 Å². The SMILES string of the molecule is COCc1csc(C2Cc3ccccc32)n1. The largest absolute Gasteiger partial charge is 0.378 e. The third-order valence-corrected chi connectivity index (χ3v) is 4.02. The van der Waals surface area contributed by atoms with Crippen LogP contribution in [0.1, 0.15) is 27.7 Å². The first-order chi connectivity index (χ1) is 7.88. The fourth-order valence-corrected chi connectivity index (χ4v) is 3.10. The van der Waals surface area contributed by atoms with E-state index in [1.54, 1.807) is 18.4 Å². The van der Waals surface area contributed by atoms with Gasteiger partial charge in [-0.2, -0.15) is 0 Å². The van der Waals surface area contributed by atoms with Crippen molar-refractivity contribution in [2.75, 3.05) is 7.11 Å². The third-order valence-electron chi connectivity index (χ3n) is 3.01. The zero-order chi connectivity index (χ0) is 11.0. The van der Waals surface area contributed by atoms with Crippen molar-refractivity contribution in [1.82, 2.24) is 4.98 Å². The van der Waals surface area contributed by atoms with Crippen LogP contribution in [0.15, 0.2) is 29.6 Å². The van der Waals surface area contributed by atoms with E-state index in [2.05, 4.69) is 34.6 Å². The molecule has 1 aromatic heterocycles. The van der Waals surface area contributed by atoms with Crippen LogP contribution in [0.2, 0.25) is 0 Å². The number of hydrogen-bond acceptors (Lipinski definition) is 3. The molecule has 1 aromatic carbocycles. The van der Waals surface area contributed by atoms with Crippen LogP contribution < -0.4 is 0 Å². The number of methoxy groups -OCH3 is 1. The second kappa shape index (κ2) is 4.00. The van der Waals surface area contributed by atoms with Crippen molar-refractivity contribution in [2.45, 2.75) is 18.9 Å². The van der Waals surface area contributed by atoms with Gasteiger partial charge in [0.2, 0.25) is 0 Å². The van der Waals surface area contributed by atoms with Crippen molar-refractivity contribution >= 4 is 11.3 Å². The number of benzene rings is 1. The van der Waals surface area contributed by atoms with Gasteiger partial charge in [-0.05, 0) is 17.5 Å². The fraction of sp³-hybridized carbons (Fsp3) is 0.308. The average molecular weight is 231 g/mol. The van der Waals surface area contributed by atoms with E-state index in [1.807, 2.05) is 0 Å². The van der Waals surface area contributed by atoms with E-state index in [4.69, 9.17) is 4.74 Å². The van der Waals surface area contributed by atoms with Gasteiger partial charge in [0, 0.05) is 18.4 Å². The minimum absolute atomic E-state index is 0.520. The molecule has 0 saturated carbocycles. The highest BCUT2D eigenvalue weighted by Gasteiger charge is 2.29. The van der Waals surface area contributed by atoms with E-state index >= 15 is 0 Å². The quantitative estimate of drug-likeness (QED) is 0.810. The Bertz CT molecular complexity index is 506. The lowest BCUT2D eigenvalue weighted by atomic mass is 9.78. The zero-order valence-corrected chi connectivity index (χ0v) is 9.96. The van der Waals surface area contributed by atoms with Crippen LogP contribution in [-0.4, -0.2) is 12.1 Å². The summed E-state index contributed by atoms with van der Waals surface area (Å²) in [7, 11) is 1.71. The summed E-state index contributed by atoms with van der Waals surface area (Å²) in [5.41, 5.74) is 3.96. The molecule has 0 bridgehead atoms. The highest BCUT2D eigenvalue weighted by Crippen LogP contribution is 2.40. The molecule has 1 atom stereocenters. The molecule has 3 heteroatoms. The normalized spacial score (nSPS) is 17.9. The Morgan fingerprint density at radius 3 is 3.12 bits per heavy atom. The summed E-state index contributed by atoms with van der Waals surface area (Å²) in [6.07, 6.45) is 1.14. The van der Waals surface area contributed by atoms with Crippen molar-refractivity contribution in [2.24, 2.45) is 0 Å². The Hall–Kier alpha value is -1.19. The molecule has 1 heterocycles. The molecule has 3 rings (SSSR count). The third kappa shape index (κ3) is 1.56. The van der Waals surface area contributed by atoms with E-state index in [0.717, 1.165) is 12.1 Å². The summed E-state index contributed by atoms with van der Waals surface area (Å²) in [4.78, 5) is 4.61. The number of nitrogens with zero attached hydrogens (tertiary/aromatic N) is 1. The van der Waals surface area contributed by atoms with Crippen LogP contribution in [0.3, 0.4) is 0 Å². The Morgan fingerprint density at radius 2 is 2.31 bits per heavy atom. The highest BCUT2D eigenvalue weighted by molar-refractivity contribution is 7.09. The summed E-state index contributed by atoms with van der Waals surface area (Å²) < 4.78 is 5.09. The summed E-state index contributed by atoms with van der Waals surface area (Å²) in [5.74, 6) is 0.520. The van der Waals surface area contributed by atoms with Crippen LogP contribution in [0, 0.1) is 0 Å². The number of fused-ring (bicyclic) bond motifs is 1. The van der Waals surface area contributed by atoms with Gasteiger partial charge in [0.15, 0.2) is 0 Å². The lowest BCUT2D eigenvalue weighted by Crippen LogP contribution is -2.17. The van der Waals surface area contributed by atoms with Crippen LogP contribution in [0.4, 0.5) is 0 Å². The lowest BCUT2D eigenvalue weighted by molar-refractivity contribution is 0.182. The first kappa shape index (κ1) is 10.00. The number of aromatic nitrogens is 1. The van der Waals surface area contributed by atoms with Crippen LogP contribution in [0.25, 0.3) is 0 Å². The molecule has 0 amide bonds. The van der Waals surface area contributed by atoms with Crippen LogP contribution in [-0.2, 0) is 17.8 Å². The summed E-state index contributed by atoms with van der Waals surface area (Å²) in [6, 6.07) is 8.62. The van der Waals surface area contributed by atoms with Gasteiger partial charge >= 0.3 is 0 Å². The van der Waals surface area contributed by atoms with Gasteiger partial charge in [-0.25, -0.2) is 4.98 Å². The molecule has 1 unspecified atom stereocenters. The van der Waals surface area contributed by atoms with Crippen molar-refractivity contribution in [3.8, 4) is 0 Å². The molecule has 16 heavy (non-hydrogen) atoms. The summed E-state index contributed by atoms with van der Waals surface area (Å²) >= 11 is 1.75. The maximum Gasteiger partial charge on any atom is 0.101 e. The Kier molecular flexibility index (Phi) is 2.50. The highest BCUT2D eigenvalue weighted by atomic mass is 32.1. The number of rotatable bonds is 3. The molecular formula is C13H13NOS. The number of hydrogen-bond donors (Lipinski definition) is 0.